The molecule has 1 N–H and O–H groups in total. The molecule has 5 heteroatoms. The number of rotatable bonds is 3. The molecule has 4 nitrogen and oxygen atoms in total. The monoisotopic (exact) mass is 313 g/mol. The van der Waals surface area contributed by atoms with Crippen LogP contribution >= 0.6 is 0 Å². The Kier molecular flexibility index (Phi) is 3.63. The van der Waals surface area contributed by atoms with Crippen LogP contribution in [0.5, 0.6) is 0 Å². The van der Waals surface area contributed by atoms with Crippen LogP contribution in [0.2, 0.25) is 0 Å². The van der Waals surface area contributed by atoms with Crippen molar-refractivity contribution in [1.29, 1.82) is 0 Å². The molecular weight excluding hydrogens is 293 g/mol. The number of aromatic nitrogens is 2. The van der Waals surface area contributed by atoms with Crippen molar-refractivity contribution in [3.8, 4) is 0 Å². The Hall–Kier alpha value is -2.17. The van der Waals surface area contributed by atoms with Crippen LogP contribution in [0, 0.1) is 11.7 Å². The number of amides is 1. The highest BCUT2D eigenvalue weighted by Gasteiger charge is 2.46. The number of H-pyrrole nitrogens is 1. The van der Waals surface area contributed by atoms with E-state index in [1.54, 1.807) is 12.1 Å². The molecule has 2 aliphatic rings. The van der Waals surface area contributed by atoms with Gasteiger partial charge < -0.3 is 4.90 Å². The van der Waals surface area contributed by atoms with Gasteiger partial charge in [0.15, 0.2) is 0 Å². The predicted molar refractivity (Wildman–Crippen MR) is 84.4 cm³/mol. The molecule has 1 aromatic carbocycles. The second-order valence-corrected chi connectivity index (χ2v) is 6.66. The molecule has 1 amide bonds. The molecule has 0 spiro atoms. The highest BCUT2D eigenvalue weighted by molar-refractivity contribution is 5.83. The van der Waals surface area contributed by atoms with Crippen LogP contribution < -0.4 is 0 Å². The van der Waals surface area contributed by atoms with Crippen molar-refractivity contribution in [1.82, 2.24) is 15.1 Å². The van der Waals surface area contributed by atoms with Gasteiger partial charge in [-0.15, -0.1) is 0 Å². The zero-order valence-corrected chi connectivity index (χ0v) is 12.9. The average Bonchev–Trinajstić information content (AvgIpc) is 3.19. The molecule has 1 saturated heterocycles. The van der Waals surface area contributed by atoms with E-state index in [4.69, 9.17) is 0 Å². The van der Waals surface area contributed by atoms with Crippen molar-refractivity contribution >= 4 is 5.91 Å². The Morgan fingerprint density at radius 2 is 2.26 bits per heavy atom. The number of carbonyl (C=O) groups excluding carboxylic acids is 1. The van der Waals surface area contributed by atoms with E-state index < -0.39 is 0 Å². The summed E-state index contributed by atoms with van der Waals surface area (Å²) in [6.45, 7) is 1.60. The lowest BCUT2D eigenvalue weighted by Crippen LogP contribution is -2.40. The Labute approximate surface area is 134 Å². The highest BCUT2D eigenvalue weighted by Crippen LogP contribution is 2.49. The number of nitrogens with zero attached hydrogens (tertiary/aromatic N) is 2. The third-order valence-electron chi connectivity index (χ3n) is 5.11. The molecule has 1 saturated carbocycles. The number of likely N-dealkylation sites (tertiary alicyclic amines) is 1. The standard InChI is InChI=1S/C18H20FN3O/c19-15-5-1-3-12(7-15)16-8-17(16)18(23)22-6-2-4-13(11-22)14-9-20-21-10-14/h1,3,5,7,9-10,13,16-17H,2,4,6,8,11H2,(H,20,21)/t13-,16-,17-/m1/s1. The Bertz CT molecular complexity index is 700. The van der Waals surface area contributed by atoms with Crippen LogP contribution in [0.25, 0.3) is 0 Å². The van der Waals surface area contributed by atoms with E-state index in [-0.39, 0.29) is 23.6 Å². The fraction of sp³-hybridized carbons (Fsp3) is 0.444. The molecule has 1 aromatic heterocycles. The van der Waals surface area contributed by atoms with Gasteiger partial charge >= 0.3 is 0 Å². The zero-order chi connectivity index (χ0) is 15.8. The van der Waals surface area contributed by atoms with E-state index in [2.05, 4.69) is 10.2 Å². The van der Waals surface area contributed by atoms with Crippen molar-refractivity contribution < 1.29 is 9.18 Å². The third-order valence-corrected chi connectivity index (χ3v) is 5.11. The molecule has 2 aromatic rings. The van der Waals surface area contributed by atoms with Gasteiger partial charge in [0.1, 0.15) is 5.82 Å². The van der Waals surface area contributed by atoms with Crippen molar-refractivity contribution in [2.24, 2.45) is 5.92 Å². The lowest BCUT2D eigenvalue weighted by atomic mass is 9.92. The van der Waals surface area contributed by atoms with Gasteiger partial charge in [-0.3, -0.25) is 9.89 Å². The van der Waals surface area contributed by atoms with E-state index in [0.29, 0.717) is 5.92 Å². The largest absolute Gasteiger partial charge is 0.342 e. The molecule has 1 aliphatic heterocycles. The minimum Gasteiger partial charge on any atom is -0.342 e. The molecule has 1 aliphatic carbocycles. The smallest absolute Gasteiger partial charge is 0.226 e. The van der Waals surface area contributed by atoms with Gasteiger partial charge in [0.25, 0.3) is 0 Å². The van der Waals surface area contributed by atoms with Crippen LogP contribution in [0.3, 0.4) is 0 Å². The molecule has 3 atom stereocenters. The molecule has 0 unspecified atom stereocenters. The highest BCUT2D eigenvalue weighted by atomic mass is 19.1. The van der Waals surface area contributed by atoms with Crippen molar-refractivity contribution in [3.05, 3.63) is 53.6 Å². The number of aromatic amines is 1. The molecule has 2 fully saturated rings. The number of hydrogen-bond acceptors (Lipinski definition) is 2. The first-order valence-electron chi connectivity index (χ1n) is 8.25. The van der Waals surface area contributed by atoms with E-state index in [1.807, 2.05) is 23.4 Å². The lowest BCUT2D eigenvalue weighted by molar-refractivity contribution is -0.133. The van der Waals surface area contributed by atoms with Gasteiger partial charge in [0, 0.05) is 31.1 Å². The number of halogens is 1. The Balaban J connectivity index is 1.42. The molecule has 0 bridgehead atoms. The number of benzene rings is 1. The summed E-state index contributed by atoms with van der Waals surface area (Å²) in [5.74, 6) is 0.594. The van der Waals surface area contributed by atoms with Crippen LogP contribution in [-0.4, -0.2) is 34.1 Å². The van der Waals surface area contributed by atoms with Gasteiger partial charge in [-0.05, 0) is 48.4 Å². The number of nitrogens with one attached hydrogen (secondary N) is 1. The number of carbonyl (C=O) groups is 1. The second-order valence-electron chi connectivity index (χ2n) is 6.66. The van der Waals surface area contributed by atoms with Crippen molar-refractivity contribution in [3.63, 3.8) is 0 Å². The van der Waals surface area contributed by atoms with Crippen molar-refractivity contribution in [2.45, 2.75) is 31.1 Å². The summed E-state index contributed by atoms with van der Waals surface area (Å²) < 4.78 is 13.3. The van der Waals surface area contributed by atoms with Crippen LogP contribution in [0.4, 0.5) is 4.39 Å². The molecule has 0 radical (unpaired) electrons. The average molecular weight is 313 g/mol. The molecule has 23 heavy (non-hydrogen) atoms. The zero-order valence-electron chi connectivity index (χ0n) is 12.9. The van der Waals surface area contributed by atoms with E-state index in [9.17, 15) is 9.18 Å². The Morgan fingerprint density at radius 1 is 1.35 bits per heavy atom. The van der Waals surface area contributed by atoms with Crippen LogP contribution in [-0.2, 0) is 4.79 Å². The SMILES string of the molecule is O=C([C@@H]1C[C@@H]1c1cccc(F)c1)N1CCC[C@@H](c2cn[nH]c2)C1. The third kappa shape index (κ3) is 2.87. The summed E-state index contributed by atoms with van der Waals surface area (Å²) in [4.78, 5) is 14.7. The van der Waals surface area contributed by atoms with Gasteiger partial charge in [-0.25, -0.2) is 4.39 Å². The topological polar surface area (TPSA) is 49.0 Å². The summed E-state index contributed by atoms with van der Waals surface area (Å²) in [7, 11) is 0. The number of piperidine rings is 1. The Morgan fingerprint density at radius 3 is 3.04 bits per heavy atom. The molecule has 4 rings (SSSR count). The minimum absolute atomic E-state index is 0.0277. The first-order chi connectivity index (χ1) is 11.2. The van der Waals surface area contributed by atoms with Gasteiger partial charge in [-0.1, -0.05) is 12.1 Å². The van der Waals surface area contributed by atoms with Crippen molar-refractivity contribution in [2.75, 3.05) is 13.1 Å². The van der Waals surface area contributed by atoms with Crippen LogP contribution in [0.1, 0.15) is 42.2 Å². The summed E-state index contributed by atoms with van der Waals surface area (Å²) in [6.07, 6.45) is 6.74. The molecule has 2 heterocycles. The van der Waals surface area contributed by atoms with E-state index in [0.717, 1.165) is 37.9 Å². The fourth-order valence-corrected chi connectivity index (χ4v) is 3.74. The van der Waals surface area contributed by atoms with Gasteiger partial charge in [-0.2, -0.15) is 5.10 Å². The van der Waals surface area contributed by atoms with Crippen LogP contribution in [0.15, 0.2) is 36.7 Å². The molecular formula is C18H20FN3O. The summed E-state index contributed by atoms with van der Waals surface area (Å²) in [6, 6.07) is 6.65. The maximum Gasteiger partial charge on any atom is 0.226 e. The minimum atomic E-state index is -0.224. The fourth-order valence-electron chi connectivity index (χ4n) is 3.74. The summed E-state index contributed by atoms with van der Waals surface area (Å²) in [5, 5.41) is 6.86. The lowest BCUT2D eigenvalue weighted by Gasteiger charge is -2.32. The van der Waals surface area contributed by atoms with E-state index >= 15 is 0 Å². The maximum atomic E-state index is 13.3. The summed E-state index contributed by atoms with van der Waals surface area (Å²) in [5.41, 5.74) is 2.13. The van der Waals surface area contributed by atoms with Gasteiger partial charge in [0.05, 0.1) is 6.20 Å². The molecule has 120 valence electrons. The second kappa shape index (κ2) is 5.80. The summed E-state index contributed by atoms with van der Waals surface area (Å²) >= 11 is 0. The normalized spacial score (nSPS) is 27.0. The first-order valence-corrected chi connectivity index (χ1v) is 8.25. The first kappa shape index (κ1) is 14.4. The number of hydrogen-bond donors (Lipinski definition) is 1. The van der Waals surface area contributed by atoms with E-state index in [1.165, 1.54) is 11.6 Å². The predicted octanol–water partition coefficient (Wildman–Crippen LogP) is 3.06. The maximum absolute atomic E-state index is 13.3. The quantitative estimate of drug-likeness (QED) is 0.947. The van der Waals surface area contributed by atoms with Gasteiger partial charge in [0.2, 0.25) is 5.91 Å².